The van der Waals surface area contributed by atoms with Gasteiger partial charge in [-0.15, -0.1) is 11.3 Å². The lowest BCUT2D eigenvalue weighted by Crippen LogP contribution is -2.26. The topological polar surface area (TPSA) is 87.1 Å². The molecular formula is C20H23N5O3S. The van der Waals surface area contributed by atoms with Crippen LogP contribution in [0.25, 0.3) is 26.4 Å². The summed E-state index contributed by atoms with van der Waals surface area (Å²) in [6.07, 6.45) is 0. The first kappa shape index (κ1) is 20.6. The molecule has 0 saturated heterocycles. The van der Waals surface area contributed by atoms with Gasteiger partial charge in [0.1, 0.15) is 10.6 Å². The maximum absolute atomic E-state index is 7.45. The van der Waals surface area contributed by atoms with Crippen LogP contribution in [-0.2, 0) is 0 Å². The van der Waals surface area contributed by atoms with E-state index in [0.29, 0.717) is 41.2 Å². The minimum absolute atomic E-state index is 0.486. The second kappa shape index (κ2) is 8.51. The summed E-state index contributed by atoms with van der Waals surface area (Å²) in [6, 6.07) is 3.62. The number of nitrogens with two attached hydrogens (primary N) is 1. The molecule has 152 valence electrons. The van der Waals surface area contributed by atoms with Crippen LogP contribution in [0.4, 0.5) is 10.8 Å². The van der Waals surface area contributed by atoms with Crippen LogP contribution in [0.5, 0.6) is 17.2 Å². The van der Waals surface area contributed by atoms with E-state index in [1.165, 1.54) is 11.3 Å². The van der Waals surface area contributed by atoms with Crippen LogP contribution in [0.15, 0.2) is 12.1 Å². The highest BCUT2D eigenvalue weighted by molar-refractivity contribution is 7.22. The monoisotopic (exact) mass is 413 g/mol. The molecule has 0 fully saturated rings. The van der Waals surface area contributed by atoms with Crippen LogP contribution < -0.4 is 24.8 Å². The third-order valence-electron chi connectivity index (χ3n) is 4.60. The van der Waals surface area contributed by atoms with Crippen molar-refractivity contribution in [3.8, 4) is 28.6 Å². The molecular weight excluding hydrogens is 390 g/mol. The lowest BCUT2D eigenvalue weighted by atomic mass is 10.1. The van der Waals surface area contributed by atoms with E-state index in [-0.39, 0.29) is 0 Å². The normalized spacial score (nSPS) is 10.7. The third-order valence-corrected chi connectivity index (χ3v) is 5.68. The molecule has 0 spiro atoms. The molecule has 0 bridgehead atoms. The summed E-state index contributed by atoms with van der Waals surface area (Å²) >= 11 is 1.36. The van der Waals surface area contributed by atoms with Crippen LogP contribution in [0.2, 0.25) is 0 Å². The van der Waals surface area contributed by atoms with E-state index < -0.39 is 0 Å². The molecule has 9 heteroatoms. The van der Waals surface area contributed by atoms with E-state index >= 15 is 0 Å². The molecule has 0 radical (unpaired) electrons. The highest BCUT2D eigenvalue weighted by Crippen LogP contribution is 2.44. The Morgan fingerprint density at radius 2 is 1.79 bits per heavy atom. The first-order valence-electron chi connectivity index (χ1n) is 8.89. The van der Waals surface area contributed by atoms with E-state index in [4.69, 9.17) is 36.5 Å². The van der Waals surface area contributed by atoms with E-state index in [1.54, 1.807) is 21.3 Å². The molecule has 1 aromatic carbocycles. The number of hydrogen-bond donors (Lipinski definition) is 1. The van der Waals surface area contributed by atoms with E-state index in [0.717, 1.165) is 27.2 Å². The average molecular weight is 414 g/mol. The second-order valence-corrected chi connectivity index (χ2v) is 7.30. The Bertz CT molecular complexity index is 1060. The number of rotatable bonds is 7. The first-order chi connectivity index (χ1) is 14.0. The fourth-order valence-corrected chi connectivity index (χ4v) is 4.09. The Morgan fingerprint density at radius 1 is 1.14 bits per heavy atom. The van der Waals surface area contributed by atoms with Gasteiger partial charge in [-0.3, -0.25) is 0 Å². The minimum Gasteiger partial charge on any atom is -0.493 e. The first-order valence-corrected chi connectivity index (χ1v) is 9.70. The van der Waals surface area contributed by atoms with Gasteiger partial charge in [-0.1, -0.05) is 0 Å². The van der Waals surface area contributed by atoms with Crippen molar-refractivity contribution in [1.29, 1.82) is 0 Å². The third kappa shape index (κ3) is 3.64. The molecule has 2 aromatic heterocycles. The van der Waals surface area contributed by atoms with Crippen molar-refractivity contribution in [2.75, 3.05) is 46.4 Å². The van der Waals surface area contributed by atoms with Gasteiger partial charge in [0.05, 0.1) is 27.9 Å². The number of aromatic nitrogens is 2. The quantitative estimate of drug-likeness (QED) is 0.592. The minimum atomic E-state index is 0.486. The van der Waals surface area contributed by atoms with Crippen molar-refractivity contribution >= 4 is 32.4 Å². The zero-order chi connectivity index (χ0) is 21.1. The van der Waals surface area contributed by atoms with Crippen LogP contribution in [0.1, 0.15) is 5.56 Å². The zero-order valence-corrected chi connectivity index (χ0v) is 17.9. The summed E-state index contributed by atoms with van der Waals surface area (Å²) in [5.41, 5.74) is 7.37. The van der Waals surface area contributed by atoms with Gasteiger partial charge in [0.25, 0.3) is 0 Å². The average Bonchev–Trinajstić information content (AvgIpc) is 3.07. The standard InChI is InChI=1S/C20H23N5O3S/c1-11-15-18(25(3)8-7-21)23-17(24-20(15)29-19(11)22-2)12-9-13(26-4)16(28-6)14(10-12)27-5/h9-10H,7-8,21H2,1,3-6H3. The van der Waals surface area contributed by atoms with Gasteiger partial charge in [0.15, 0.2) is 17.3 Å². The molecule has 0 unspecified atom stereocenters. The van der Waals surface area contributed by atoms with Crippen molar-refractivity contribution in [3.05, 3.63) is 29.1 Å². The zero-order valence-electron chi connectivity index (χ0n) is 17.1. The van der Waals surface area contributed by atoms with Gasteiger partial charge in [-0.25, -0.2) is 14.8 Å². The van der Waals surface area contributed by atoms with Gasteiger partial charge in [0, 0.05) is 31.1 Å². The lowest BCUT2D eigenvalue weighted by molar-refractivity contribution is 0.324. The van der Waals surface area contributed by atoms with Crippen molar-refractivity contribution < 1.29 is 14.2 Å². The van der Waals surface area contributed by atoms with E-state index in [2.05, 4.69) is 4.85 Å². The van der Waals surface area contributed by atoms with Gasteiger partial charge in [-0.05, 0) is 24.6 Å². The number of thiophene rings is 1. The molecule has 8 nitrogen and oxygen atoms in total. The molecule has 29 heavy (non-hydrogen) atoms. The fraction of sp³-hybridized carbons (Fsp3) is 0.350. The van der Waals surface area contributed by atoms with Crippen LogP contribution in [0, 0.1) is 13.5 Å². The van der Waals surface area contributed by atoms with Crippen LogP contribution in [-0.4, -0.2) is 51.4 Å². The van der Waals surface area contributed by atoms with Crippen LogP contribution in [0.3, 0.4) is 0 Å². The largest absolute Gasteiger partial charge is 0.493 e. The summed E-state index contributed by atoms with van der Waals surface area (Å²) in [5.74, 6) is 2.79. The summed E-state index contributed by atoms with van der Waals surface area (Å²) in [7, 11) is 6.62. The molecule has 0 atom stereocenters. The lowest BCUT2D eigenvalue weighted by Gasteiger charge is -2.20. The summed E-state index contributed by atoms with van der Waals surface area (Å²) < 4.78 is 16.3. The molecule has 2 heterocycles. The Morgan fingerprint density at radius 3 is 2.31 bits per heavy atom. The van der Waals surface area contributed by atoms with Crippen LogP contribution >= 0.6 is 11.3 Å². The summed E-state index contributed by atoms with van der Waals surface area (Å²) in [6.45, 7) is 10.5. The number of likely N-dealkylation sites (N-methyl/N-ethyl adjacent to an activating group) is 1. The Kier molecular flexibility index (Phi) is 6.06. The van der Waals surface area contributed by atoms with Gasteiger partial charge < -0.3 is 24.8 Å². The number of methoxy groups -OCH3 is 3. The summed E-state index contributed by atoms with van der Waals surface area (Å²) in [4.78, 5) is 15.9. The molecule has 3 aromatic rings. The molecule has 0 aliphatic carbocycles. The highest BCUT2D eigenvalue weighted by atomic mass is 32.1. The second-order valence-electron chi connectivity index (χ2n) is 6.32. The number of hydrogen-bond acceptors (Lipinski definition) is 8. The number of ether oxygens (including phenoxy) is 3. The summed E-state index contributed by atoms with van der Waals surface area (Å²) in [5, 5.41) is 1.49. The van der Waals surface area contributed by atoms with Crippen molar-refractivity contribution in [1.82, 2.24) is 9.97 Å². The molecule has 0 aliphatic rings. The fourth-order valence-electron chi connectivity index (χ4n) is 3.13. The molecule has 0 saturated carbocycles. The van der Waals surface area contributed by atoms with Crippen molar-refractivity contribution in [2.45, 2.75) is 6.92 Å². The molecule has 0 amide bonds. The number of anilines is 1. The van der Waals surface area contributed by atoms with Gasteiger partial charge in [-0.2, -0.15) is 0 Å². The Hall–Kier alpha value is -3.09. The van der Waals surface area contributed by atoms with Gasteiger partial charge >= 0.3 is 0 Å². The Labute approximate surface area is 173 Å². The van der Waals surface area contributed by atoms with E-state index in [1.807, 2.05) is 31.0 Å². The number of nitrogens with zero attached hydrogens (tertiary/aromatic N) is 4. The number of benzene rings is 1. The Balaban J connectivity index is 2.29. The molecule has 0 aliphatic heterocycles. The molecule has 3 rings (SSSR count). The molecule has 2 N–H and O–H groups in total. The SMILES string of the molecule is [C-]#[N+]c1sc2nc(-c3cc(OC)c(OC)c(OC)c3)nc(N(C)CCN)c2c1C. The number of fused-ring (bicyclic) bond motifs is 1. The maximum Gasteiger partial charge on any atom is 0.246 e. The maximum atomic E-state index is 7.45. The number of aryl methyl sites for hydroxylation is 1. The smallest absolute Gasteiger partial charge is 0.246 e. The van der Waals surface area contributed by atoms with Crippen molar-refractivity contribution in [2.24, 2.45) is 5.73 Å². The predicted octanol–water partition coefficient (Wildman–Crippen LogP) is 3.64. The van der Waals surface area contributed by atoms with Gasteiger partial charge in [0.2, 0.25) is 10.8 Å². The van der Waals surface area contributed by atoms with E-state index in [9.17, 15) is 0 Å². The van der Waals surface area contributed by atoms with Crippen molar-refractivity contribution in [3.63, 3.8) is 0 Å². The predicted molar refractivity (Wildman–Crippen MR) is 116 cm³/mol. The highest BCUT2D eigenvalue weighted by Gasteiger charge is 2.21.